The van der Waals surface area contributed by atoms with Gasteiger partial charge in [-0.2, -0.15) is 4.31 Å². The minimum Gasteiger partial charge on any atom is -0.378 e. The van der Waals surface area contributed by atoms with Gasteiger partial charge in [-0.15, -0.1) is 11.3 Å². The van der Waals surface area contributed by atoms with Gasteiger partial charge in [0.25, 0.3) is 10.0 Å². The number of nitrogens with one attached hydrogen (secondary N) is 1. The Bertz CT molecular complexity index is 554. The molecule has 1 atom stereocenters. The smallest absolute Gasteiger partial charge is 0.252 e. The molecule has 1 saturated heterocycles. The molecule has 5 nitrogen and oxygen atoms in total. The molecule has 1 N–H and O–H groups in total. The fourth-order valence-electron chi connectivity index (χ4n) is 2.30. The molecule has 1 fully saturated rings. The van der Waals surface area contributed by atoms with Crippen LogP contribution in [0.5, 0.6) is 0 Å². The first-order valence-corrected chi connectivity index (χ1v) is 9.58. The van der Waals surface area contributed by atoms with Crippen molar-refractivity contribution < 1.29 is 13.2 Å². The summed E-state index contributed by atoms with van der Waals surface area (Å²) in [7, 11) is -3.38. The standard InChI is InChI=1S/C14H24N2O3S2/c1-11(2)15-7-6-13-4-5-14(20-13)21(17,18)16-8-9-19-10-12(16)3/h4-5,11-12,15H,6-10H2,1-3H3. The topological polar surface area (TPSA) is 58.6 Å². The van der Waals surface area contributed by atoms with Crippen LogP contribution >= 0.6 is 11.3 Å². The van der Waals surface area contributed by atoms with Gasteiger partial charge in [0.15, 0.2) is 0 Å². The third-order valence-electron chi connectivity index (χ3n) is 3.43. The number of rotatable bonds is 6. The molecule has 0 aliphatic carbocycles. The molecule has 2 heterocycles. The van der Waals surface area contributed by atoms with Crippen LogP contribution in [0.2, 0.25) is 0 Å². The molecule has 0 spiro atoms. The van der Waals surface area contributed by atoms with E-state index in [1.54, 1.807) is 10.4 Å². The van der Waals surface area contributed by atoms with Crippen LogP contribution in [0.25, 0.3) is 0 Å². The van der Waals surface area contributed by atoms with E-state index in [9.17, 15) is 8.42 Å². The van der Waals surface area contributed by atoms with E-state index < -0.39 is 10.0 Å². The van der Waals surface area contributed by atoms with Crippen molar-refractivity contribution in [3.63, 3.8) is 0 Å². The molecule has 0 aromatic carbocycles. The molecule has 1 aliphatic rings. The average Bonchev–Trinajstić information content (AvgIpc) is 2.88. The van der Waals surface area contributed by atoms with E-state index in [-0.39, 0.29) is 6.04 Å². The zero-order chi connectivity index (χ0) is 15.5. The fourth-order valence-corrected chi connectivity index (χ4v) is 5.38. The highest BCUT2D eigenvalue weighted by Gasteiger charge is 2.32. The molecule has 120 valence electrons. The Hall–Kier alpha value is -0.470. The first-order chi connectivity index (χ1) is 9.91. The van der Waals surface area contributed by atoms with Crippen molar-refractivity contribution in [2.24, 2.45) is 0 Å². The molecule has 1 aliphatic heterocycles. The maximum atomic E-state index is 12.7. The quantitative estimate of drug-likeness (QED) is 0.861. The van der Waals surface area contributed by atoms with Crippen LogP contribution in [0.15, 0.2) is 16.3 Å². The number of ether oxygens (including phenoxy) is 1. The van der Waals surface area contributed by atoms with E-state index in [1.807, 2.05) is 13.0 Å². The maximum absolute atomic E-state index is 12.7. The average molecular weight is 332 g/mol. The molecule has 0 saturated carbocycles. The summed E-state index contributed by atoms with van der Waals surface area (Å²) >= 11 is 1.38. The summed E-state index contributed by atoms with van der Waals surface area (Å²) in [6.07, 6.45) is 0.858. The van der Waals surface area contributed by atoms with Crippen molar-refractivity contribution in [2.75, 3.05) is 26.3 Å². The van der Waals surface area contributed by atoms with Crippen molar-refractivity contribution in [2.45, 2.75) is 43.5 Å². The first kappa shape index (κ1) is 16.9. The normalized spacial score (nSPS) is 21.0. The molecule has 21 heavy (non-hydrogen) atoms. The highest BCUT2D eigenvalue weighted by Crippen LogP contribution is 2.27. The van der Waals surface area contributed by atoms with Gasteiger partial charge in [-0.3, -0.25) is 0 Å². The van der Waals surface area contributed by atoms with Gasteiger partial charge in [-0.05, 0) is 25.5 Å². The Balaban J connectivity index is 2.05. The van der Waals surface area contributed by atoms with Crippen LogP contribution in [0.1, 0.15) is 25.6 Å². The van der Waals surface area contributed by atoms with Gasteiger partial charge in [-0.1, -0.05) is 13.8 Å². The number of morpholine rings is 1. The first-order valence-electron chi connectivity index (χ1n) is 7.33. The van der Waals surface area contributed by atoms with E-state index in [0.717, 1.165) is 17.8 Å². The third kappa shape index (κ3) is 4.26. The Labute approximate surface area is 131 Å². The Morgan fingerprint density at radius 1 is 1.48 bits per heavy atom. The molecule has 1 aromatic rings. The molecule has 2 rings (SSSR count). The second-order valence-corrected chi connectivity index (χ2v) is 8.90. The minimum absolute atomic E-state index is 0.100. The van der Waals surface area contributed by atoms with Gasteiger partial charge < -0.3 is 10.1 Å². The predicted octanol–water partition coefficient (Wildman–Crippen LogP) is 1.70. The van der Waals surface area contributed by atoms with E-state index >= 15 is 0 Å². The van der Waals surface area contributed by atoms with Gasteiger partial charge >= 0.3 is 0 Å². The lowest BCUT2D eigenvalue weighted by Gasteiger charge is -2.31. The van der Waals surface area contributed by atoms with Crippen molar-refractivity contribution in [1.82, 2.24) is 9.62 Å². The monoisotopic (exact) mass is 332 g/mol. The Morgan fingerprint density at radius 3 is 2.90 bits per heavy atom. The van der Waals surface area contributed by atoms with Gasteiger partial charge in [0.05, 0.1) is 13.2 Å². The van der Waals surface area contributed by atoms with E-state index in [1.165, 1.54) is 11.3 Å². The van der Waals surface area contributed by atoms with Gasteiger partial charge in [0.1, 0.15) is 4.21 Å². The lowest BCUT2D eigenvalue weighted by molar-refractivity contribution is 0.0393. The zero-order valence-corrected chi connectivity index (χ0v) is 14.5. The molecule has 7 heteroatoms. The van der Waals surface area contributed by atoms with Crippen LogP contribution in [0.3, 0.4) is 0 Å². The summed E-state index contributed by atoms with van der Waals surface area (Å²) in [6.45, 7) is 8.33. The second-order valence-electron chi connectivity index (χ2n) is 5.62. The highest BCUT2D eigenvalue weighted by molar-refractivity contribution is 7.91. The molecule has 0 amide bonds. The molecule has 0 radical (unpaired) electrons. The largest absolute Gasteiger partial charge is 0.378 e. The summed E-state index contributed by atoms with van der Waals surface area (Å²) in [6, 6.07) is 4.00. The summed E-state index contributed by atoms with van der Waals surface area (Å²) in [5, 5.41) is 3.34. The molecule has 0 bridgehead atoms. The Morgan fingerprint density at radius 2 is 2.24 bits per heavy atom. The van der Waals surface area contributed by atoms with Crippen molar-refractivity contribution in [3.8, 4) is 0 Å². The number of hydrogen-bond donors (Lipinski definition) is 1. The van der Waals surface area contributed by atoms with Gasteiger partial charge in [0, 0.05) is 30.1 Å². The van der Waals surface area contributed by atoms with Crippen LogP contribution in [0, 0.1) is 0 Å². The van der Waals surface area contributed by atoms with Crippen molar-refractivity contribution in [3.05, 3.63) is 17.0 Å². The lowest BCUT2D eigenvalue weighted by Crippen LogP contribution is -2.46. The van der Waals surface area contributed by atoms with Gasteiger partial charge in [-0.25, -0.2) is 8.42 Å². The molecule has 1 unspecified atom stereocenters. The zero-order valence-electron chi connectivity index (χ0n) is 12.8. The molecular weight excluding hydrogens is 308 g/mol. The number of nitrogens with zero attached hydrogens (tertiary/aromatic N) is 1. The maximum Gasteiger partial charge on any atom is 0.252 e. The van der Waals surface area contributed by atoms with E-state index in [4.69, 9.17) is 4.74 Å². The van der Waals surface area contributed by atoms with E-state index in [2.05, 4.69) is 19.2 Å². The summed E-state index contributed by atoms with van der Waals surface area (Å²) in [5.41, 5.74) is 0. The second kappa shape index (κ2) is 7.19. The van der Waals surface area contributed by atoms with Crippen LogP contribution in [0.4, 0.5) is 0 Å². The Kier molecular flexibility index (Phi) is 5.79. The van der Waals surface area contributed by atoms with Crippen LogP contribution in [-0.4, -0.2) is 51.1 Å². The van der Waals surface area contributed by atoms with Crippen molar-refractivity contribution >= 4 is 21.4 Å². The third-order valence-corrected chi connectivity index (χ3v) is 7.06. The fraction of sp³-hybridized carbons (Fsp3) is 0.714. The summed E-state index contributed by atoms with van der Waals surface area (Å²) < 4.78 is 32.6. The number of sulfonamides is 1. The van der Waals surface area contributed by atoms with Crippen LogP contribution in [-0.2, 0) is 21.2 Å². The van der Waals surface area contributed by atoms with Crippen molar-refractivity contribution in [1.29, 1.82) is 0 Å². The summed E-state index contributed by atoms with van der Waals surface area (Å²) in [4.78, 5) is 1.10. The molecular formula is C14H24N2O3S2. The number of hydrogen-bond acceptors (Lipinski definition) is 5. The minimum atomic E-state index is -3.38. The van der Waals surface area contributed by atoms with E-state index in [0.29, 0.717) is 30.0 Å². The van der Waals surface area contributed by atoms with Crippen LogP contribution < -0.4 is 5.32 Å². The SMILES string of the molecule is CC(C)NCCc1ccc(S(=O)(=O)N2CCOCC2C)s1. The highest BCUT2D eigenvalue weighted by atomic mass is 32.2. The molecule has 1 aromatic heterocycles. The predicted molar refractivity (Wildman–Crippen MR) is 85.3 cm³/mol. The van der Waals surface area contributed by atoms with Gasteiger partial charge in [0.2, 0.25) is 0 Å². The summed E-state index contributed by atoms with van der Waals surface area (Å²) in [5.74, 6) is 0. The lowest BCUT2D eigenvalue weighted by atomic mass is 10.3. The number of thiophene rings is 1.